The Hall–Kier alpha value is -2.67. The number of halogens is 1. The van der Waals surface area contributed by atoms with Crippen LogP contribution in [0.3, 0.4) is 0 Å². The lowest BCUT2D eigenvalue weighted by Gasteiger charge is -2.08. The van der Waals surface area contributed by atoms with Gasteiger partial charge in [-0.1, -0.05) is 36.0 Å². The third-order valence-electron chi connectivity index (χ3n) is 3.56. The van der Waals surface area contributed by atoms with E-state index in [1.54, 1.807) is 19.2 Å². The van der Waals surface area contributed by atoms with E-state index in [-0.39, 0.29) is 11.6 Å². The second-order valence-corrected chi connectivity index (χ2v) is 6.04. The van der Waals surface area contributed by atoms with Crippen molar-refractivity contribution in [2.45, 2.75) is 9.92 Å². The zero-order chi connectivity index (χ0) is 17.3. The quantitative estimate of drug-likeness (QED) is 0.788. The van der Waals surface area contributed by atoms with E-state index in [1.165, 1.54) is 41.6 Å². The van der Waals surface area contributed by atoms with E-state index in [4.69, 9.17) is 4.74 Å². The molecule has 0 aliphatic heterocycles. The molecule has 5 nitrogen and oxygen atoms in total. The van der Waals surface area contributed by atoms with Crippen molar-refractivity contribution >= 4 is 11.8 Å². The van der Waals surface area contributed by atoms with Crippen LogP contribution in [-0.4, -0.2) is 21.4 Å². The average Bonchev–Trinajstić information content (AvgIpc) is 2.80. The second-order valence-electron chi connectivity index (χ2n) is 5.01. The Kier molecular flexibility index (Phi) is 4.35. The molecule has 124 valence electrons. The fraction of sp³-hybridized carbons (Fsp3) is 0.118. The third-order valence-corrected chi connectivity index (χ3v) is 4.76. The van der Waals surface area contributed by atoms with E-state index in [9.17, 15) is 14.3 Å². The maximum atomic E-state index is 14.0. The van der Waals surface area contributed by atoms with Crippen molar-refractivity contribution in [3.8, 4) is 17.3 Å². The van der Waals surface area contributed by atoms with E-state index in [0.717, 1.165) is 9.46 Å². The van der Waals surface area contributed by atoms with Gasteiger partial charge < -0.3 is 9.84 Å². The van der Waals surface area contributed by atoms with Crippen LogP contribution in [0.5, 0.6) is 11.6 Å². The first kappa shape index (κ1) is 16.2. The summed E-state index contributed by atoms with van der Waals surface area (Å²) in [4.78, 5) is 13.2. The van der Waals surface area contributed by atoms with E-state index in [0.29, 0.717) is 10.8 Å². The molecule has 3 aromatic rings. The van der Waals surface area contributed by atoms with E-state index in [1.807, 2.05) is 18.2 Å². The van der Waals surface area contributed by atoms with Gasteiger partial charge in [0.25, 0.3) is 0 Å². The molecular formula is C17H15FN2O3S. The highest BCUT2D eigenvalue weighted by Crippen LogP contribution is 2.39. The molecule has 1 N–H and O–H groups in total. The van der Waals surface area contributed by atoms with Crippen LogP contribution in [0.1, 0.15) is 0 Å². The van der Waals surface area contributed by atoms with Crippen molar-refractivity contribution < 1.29 is 14.2 Å². The molecular weight excluding hydrogens is 331 g/mol. The lowest BCUT2D eigenvalue weighted by atomic mass is 10.3. The number of benzene rings is 2. The molecule has 3 rings (SSSR count). The summed E-state index contributed by atoms with van der Waals surface area (Å²) in [5.41, 5.74) is -0.530. The minimum Gasteiger partial charge on any atom is -0.496 e. The molecule has 1 aromatic heterocycles. The molecule has 24 heavy (non-hydrogen) atoms. The molecule has 0 bridgehead atoms. The summed E-state index contributed by atoms with van der Waals surface area (Å²) in [5.74, 6) is -0.286. The van der Waals surface area contributed by atoms with E-state index < -0.39 is 11.5 Å². The number of imidazole rings is 1. The fourth-order valence-corrected chi connectivity index (χ4v) is 3.35. The van der Waals surface area contributed by atoms with Crippen molar-refractivity contribution in [1.29, 1.82) is 0 Å². The monoisotopic (exact) mass is 346 g/mol. The first-order valence-corrected chi connectivity index (χ1v) is 7.92. The van der Waals surface area contributed by atoms with Crippen LogP contribution >= 0.6 is 11.8 Å². The van der Waals surface area contributed by atoms with Gasteiger partial charge in [-0.15, -0.1) is 0 Å². The fourth-order valence-electron chi connectivity index (χ4n) is 2.34. The number of para-hydroxylation sites is 2. The van der Waals surface area contributed by atoms with Crippen LogP contribution in [0.4, 0.5) is 4.39 Å². The number of hydrogen-bond donors (Lipinski definition) is 1. The highest BCUT2D eigenvalue weighted by atomic mass is 32.2. The minimum atomic E-state index is -0.589. The summed E-state index contributed by atoms with van der Waals surface area (Å²) < 4.78 is 21.5. The van der Waals surface area contributed by atoms with Gasteiger partial charge in [0.2, 0.25) is 5.88 Å². The van der Waals surface area contributed by atoms with E-state index >= 15 is 0 Å². The Balaban J connectivity index is 2.13. The molecule has 0 radical (unpaired) electrons. The van der Waals surface area contributed by atoms with Crippen LogP contribution in [0.25, 0.3) is 5.69 Å². The summed E-state index contributed by atoms with van der Waals surface area (Å²) in [6.45, 7) is 0. The van der Waals surface area contributed by atoms with Gasteiger partial charge in [-0.2, -0.15) is 0 Å². The summed E-state index contributed by atoms with van der Waals surface area (Å²) in [7, 11) is 3.07. The van der Waals surface area contributed by atoms with Crippen molar-refractivity contribution in [2.75, 3.05) is 7.11 Å². The molecule has 0 amide bonds. The van der Waals surface area contributed by atoms with Gasteiger partial charge in [0.1, 0.15) is 16.6 Å². The van der Waals surface area contributed by atoms with Crippen LogP contribution in [0.2, 0.25) is 0 Å². The first-order chi connectivity index (χ1) is 11.5. The molecule has 2 aromatic carbocycles. The molecule has 0 saturated heterocycles. The molecule has 0 saturated carbocycles. The number of rotatable bonds is 4. The van der Waals surface area contributed by atoms with Gasteiger partial charge in [-0.05, 0) is 24.3 Å². The number of ether oxygens (including phenoxy) is 1. The van der Waals surface area contributed by atoms with Crippen LogP contribution in [0, 0.1) is 5.82 Å². The first-order valence-electron chi connectivity index (χ1n) is 7.11. The van der Waals surface area contributed by atoms with Gasteiger partial charge in [0.15, 0.2) is 0 Å². The molecule has 0 atom stereocenters. The predicted octanol–water partition coefficient (Wildman–Crippen LogP) is 3.18. The Morgan fingerprint density at radius 1 is 1.12 bits per heavy atom. The highest BCUT2D eigenvalue weighted by Gasteiger charge is 2.22. The highest BCUT2D eigenvalue weighted by molar-refractivity contribution is 7.99. The maximum Gasteiger partial charge on any atom is 0.336 e. The van der Waals surface area contributed by atoms with Gasteiger partial charge >= 0.3 is 5.69 Å². The van der Waals surface area contributed by atoms with E-state index in [2.05, 4.69) is 0 Å². The molecule has 0 aliphatic rings. The summed E-state index contributed by atoms with van der Waals surface area (Å²) >= 11 is 1.17. The Morgan fingerprint density at radius 2 is 1.79 bits per heavy atom. The summed E-state index contributed by atoms with van der Waals surface area (Å²) in [6, 6.07) is 13.0. The zero-order valence-corrected chi connectivity index (χ0v) is 13.9. The number of aromatic hydroxyl groups is 1. The predicted molar refractivity (Wildman–Crippen MR) is 89.7 cm³/mol. The standard InChI is InChI=1S/C17H15FN2O3S/c1-19-16(24-14-10-6-5-9-13(14)23-2)15(21)20(17(19)22)12-8-4-3-7-11(12)18/h3-10,21H,1-2H3. The van der Waals surface area contributed by atoms with Gasteiger partial charge in [0, 0.05) is 7.05 Å². The molecule has 0 fully saturated rings. The minimum absolute atomic E-state index is 0.00229. The van der Waals surface area contributed by atoms with Crippen LogP contribution in [0.15, 0.2) is 63.2 Å². The number of methoxy groups -OCH3 is 1. The summed E-state index contributed by atoms with van der Waals surface area (Å²) in [5, 5.41) is 10.8. The Morgan fingerprint density at radius 3 is 2.50 bits per heavy atom. The maximum absolute atomic E-state index is 14.0. The third kappa shape index (κ3) is 2.67. The van der Waals surface area contributed by atoms with Crippen molar-refractivity contribution in [3.05, 3.63) is 64.8 Å². The Labute approximate surface area is 141 Å². The van der Waals surface area contributed by atoms with Crippen LogP contribution in [-0.2, 0) is 7.05 Å². The largest absolute Gasteiger partial charge is 0.496 e. The van der Waals surface area contributed by atoms with Crippen molar-refractivity contribution in [3.63, 3.8) is 0 Å². The molecule has 7 heteroatoms. The topological polar surface area (TPSA) is 56.4 Å². The van der Waals surface area contributed by atoms with Gasteiger partial charge in [-0.3, -0.25) is 4.57 Å². The van der Waals surface area contributed by atoms with Crippen molar-refractivity contribution in [2.24, 2.45) is 7.05 Å². The Bertz CT molecular complexity index is 949. The van der Waals surface area contributed by atoms with Crippen LogP contribution < -0.4 is 10.4 Å². The molecule has 1 heterocycles. The smallest absolute Gasteiger partial charge is 0.336 e. The molecule has 0 unspecified atom stereocenters. The van der Waals surface area contributed by atoms with Crippen molar-refractivity contribution in [1.82, 2.24) is 9.13 Å². The molecule has 0 aliphatic carbocycles. The van der Waals surface area contributed by atoms with Gasteiger partial charge in [0.05, 0.1) is 17.7 Å². The SMILES string of the molecule is COc1ccccc1Sc1c(O)n(-c2ccccc2F)c(=O)n1C. The normalized spacial score (nSPS) is 10.8. The lowest BCUT2D eigenvalue weighted by Crippen LogP contribution is -2.21. The average molecular weight is 346 g/mol. The zero-order valence-electron chi connectivity index (χ0n) is 13.1. The van der Waals surface area contributed by atoms with Gasteiger partial charge in [-0.25, -0.2) is 13.8 Å². The number of aromatic nitrogens is 2. The summed E-state index contributed by atoms with van der Waals surface area (Å²) in [6.07, 6.45) is 0. The number of nitrogens with zero attached hydrogens (tertiary/aromatic N) is 2. The number of hydrogen-bond acceptors (Lipinski definition) is 4. The second kappa shape index (κ2) is 6.45. The lowest BCUT2D eigenvalue weighted by molar-refractivity contribution is 0.404. The molecule has 0 spiro atoms.